The maximum Gasteiger partial charge on any atom is 0.222 e. The topological polar surface area (TPSA) is 52.3 Å². The van der Waals surface area contributed by atoms with Crippen molar-refractivity contribution in [2.45, 2.75) is 0 Å². The van der Waals surface area contributed by atoms with Gasteiger partial charge in [-0.1, -0.05) is 0 Å². The Balaban J connectivity index is 2.85. The standard InChI is InChI=1S/H5NO2P2/c1-3-5(2)4/h5H,1,4H2. The van der Waals surface area contributed by atoms with Crippen LogP contribution in [0.1, 0.15) is 0 Å². The zero-order valence-electron chi connectivity index (χ0n) is 2.47. The third-order valence-electron chi connectivity index (χ3n) is 0.116. The van der Waals surface area contributed by atoms with Crippen LogP contribution < -0.4 is 5.90 Å². The SMILES string of the molecule is NO[PH](=O)P. The number of hydrogen-bond acceptors (Lipinski definition) is 3. The zero-order chi connectivity index (χ0) is 4.28. The summed E-state index contributed by atoms with van der Waals surface area (Å²) >= 11 is 0. The molecule has 5 heavy (non-hydrogen) atoms. The number of hydrogen-bond donors (Lipinski definition) is 1. The molecule has 0 aliphatic rings. The molecule has 0 bridgehead atoms. The van der Waals surface area contributed by atoms with Crippen molar-refractivity contribution in [2.24, 2.45) is 5.90 Å². The Kier molecular flexibility index (Phi) is 3.12. The smallest absolute Gasteiger partial charge is 0.222 e. The average Bonchev–Trinajstić information content (AvgIpc) is 1.38. The molecule has 2 N–H and O–H groups in total. The van der Waals surface area contributed by atoms with Crippen molar-refractivity contribution in [3.05, 3.63) is 0 Å². The second-order valence-electron chi connectivity index (χ2n) is 0.437. The van der Waals surface area contributed by atoms with Gasteiger partial charge < -0.3 is 0 Å². The van der Waals surface area contributed by atoms with Crippen LogP contribution in [0.15, 0.2) is 0 Å². The summed E-state index contributed by atoms with van der Waals surface area (Å²) in [6, 6.07) is 0. The van der Waals surface area contributed by atoms with E-state index in [2.05, 4.69) is 10.5 Å². The van der Waals surface area contributed by atoms with Crippen molar-refractivity contribution in [3.63, 3.8) is 0 Å². The molecule has 2 unspecified atom stereocenters. The molecule has 0 aromatic carbocycles. The molecule has 0 rings (SSSR count). The Morgan fingerprint density at radius 2 is 2.20 bits per heavy atom. The van der Waals surface area contributed by atoms with E-state index in [9.17, 15) is 4.57 Å². The van der Waals surface area contributed by atoms with Crippen LogP contribution in [0.4, 0.5) is 0 Å². The van der Waals surface area contributed by atoms with Crippen LogP contribution in [0, 0.1) is 0 Å². The lowest BCUT2D eigenvalue weighted by atomic mass is 13.6. The summed E-state index contributed by atoms with van der Waals surface area (Å²) in [5.74, 6) is 4.38. The number of nitrogens with two attached hydrogens (primary N) is 1. The Hall–Kier alpha value is 0.580. The van der Waals surface area contributed by atoms with Crippen LogP contribution in [0.5, 0.6) is 0 Å². The van der Waals surface area contributed by atoms with Gasteiger partial charge >= 0.3 is 0 Å². The molecule has 2 atom stereocenters. The van der Waals surface area contributed by atoms with Crippen molar-refractivity contribution in [3.8, 4) is 0 Å². The van der Waals surface area contributed by atoms with Crippen LogP contribution in [0.3, 0.4) is 0 Å². The van der Waals surface area contributed by atoms with Gasteiger partial charge in [0.15, 0.2) is 0 Å². The fourth-order valence-corrected chi connectivity index (χ4v) is 0. The monoisotopic (exact) mass is 113 g/mol. The fraction of sp³-hybridized carbons (Fsp3) is 0. The van der Waals surface area contributed by atoms with Crippen LogP contribution in [0.25, 0.3) is 0 Å². The Morgan fingerprint density at radius 1 is 2.00 bits per heavy atom. The third-order valence-corrected chi connectivity index (χ3v) is 0.757. The average molecular weight is 113 g/mol. The highest BCUT2D eigenvalue weighted by atomic mass is 32.0. The fourth-order valence-electron chi connectivity index (χ4n) is 0. The lowest BCUT2D eigenvalue weighted by Gasteiger charge is -1.79. The van der Waals surface area contributed by atoms with E-state index in [1.54, 1.807) is 0 Å². The van der Waals surface area contributed by atoms with Gasteiger partial charge in [0, 0.05) is 0 Å². The first-order valence-corrected chi connectivity index (χ1v) is 4.06. The maximum absolute atomic E-state index is 9.61. The largest absolute Gasteiger partial charge is 0.291 e. The van der Waals surface area contributed by atoms with Crippen LogP contribution in [-0.4, -0.2) is 0 Å². The maximum atomic E-state index is 9.61. The van der Waals surface area contributed by atoms with Gasteiger partial charge in [0.2, 0.25) is 7.72 Å². The normalized spacial score (nSPS) is 14.8. The van der Waals surface area contributed by atoms with Crippen molar-refractivity contribution >= 4 is 16.6 Å². The molecular formula is H5NO2P2. The molecule has 0 aliphatic heterocycles. The minimum atomic E-state index is -1.93. The van der Waals surface area contributed by atoms with Crippen molar-refractivity contribution in [1.82, 2.24) is 0 Å². The van der Waals surface area contributed by atoms with Gasteiger partial charge in [0.25, 0.3) is 0 Å². The van der Waals surface area contributed by atoms with Crippen LogP contribution >= 0.6 is 16.6 Å². The highest BCUT2D eigenvalue weighted by Gasteiger charge is 1.73. The van der Waals surface area contributed by atoms with Gasteiger partial charge in [-0.25, -0.2) is 10.5 Å². The predicted octanol–water partition coefficient (Wildman–Crippen LogP) is 0.141. The second kappa shape index (κ2) is 2.80. The van der Waals surface area contributed by atoms with E-state index in [4.69, 9.17) is 0 Å². The summed E-state index contributed by atoms with van der Waals surface area (Å²) in [7, 11) is 0.00334. The van der Waals surface area contributed by atoms with E-state index in [-0.39, 0.29) is 0 Å². The quantitative estimate of drug-likeness (QED) is 0.388. The molecule has 3 nitrogen and oxygen atoms in total. The number of rotatable bonds is 1. The Morgan fingerprint density at radius 3 is 2.20 bits per heavy atom. The Bertz CT molecular complexity index is 42.9. The highest BCUT2D eigenvalue weighted by molar-refractivity contribution is 8.03. The molecule has 0 aromatic heterocycles. The molecule has 0 aliphatic carbocycles. The molecule has 0 radical (unpaired) electrons. The summed E-state index contributed by atoms with van der Waals surface area (Å²) < 4.78 is 13.4. The van der Waals surface area contributed by atoms with Crippen molar-refractivity contribution in [2.75, 3.05) is 0 Å². The van der Waals surface area contributed by atoms with E-state index in [1.165, 1.54) is 0 Å². The van der Waals surface area contributed by atoms with Gasteiger partial charge in [-0.05, 0) is 8.93 Å². The van der Waals surface area contributed by atoms with Gasteiger partial charge in [0.1, 0.15) is 0 Å². The van der Waals surface area contributed by atoms with Crippen molar-refractivity contribution in [1.29, 1.82) is 0 Å². The third kappa shape index (κ3) is 4.58. The molecule has 0 aromatic rings. The lowest BCUT2D eigenvalue weighted by molar-refractivity contribution is 0.357. The van der Waals surface area contributed by atoms with Crippen LogP contribution in [0.2, 0.25) is 0 Å². The molecule has 0 spiro atoms. The molecule has 0 amide bonds. The first-order valence-electron chi connectivity index (χ1n) is 0.933. The predicted molar refractivity (Wildman–Crippen MR) is 24.0 cm³/mol. The molecule has 0 saturated carbocycles. The molecule has 5 heteroatoms. The van der Waals surface area contributed by atoms with Crippen LogP contribution in [-0.2, 0) is 9.19 Å². The van der Waals surface area contributed by atoms with Gasteiger partial charge in [-0.3, -0.25) is 4.57 Å². The molecule has 0 heterocycles. The zero-order valence-corrected chi connectivity index (χ0v) is 4.63. The second-order valence-corrected chi connectivity index (χ2v) is 2.72. The van der Waals surface area contributed by atoms with Gasteiger partial charge in [-0.15, -0.1) is 0 Å². The summed E-state index contributed by atoms with van der Waals surface area (Å²) in [5, 5.41) is 0. The highest BCUT2D eigenvalue weighted by Crippen LogP contribution is 2.27. The summed E-state index contributed by atoms with van der Waals surface area (Å²) in [6.45, 7) is 0. The first kappa shape index (κ1) is 5.58. The van der Waals surface area contributed by atoms with Gasteiger partial charge in [-0.2, -0.15) is 0 Å². The summed E-state index contributed by atoms with van der Waals surface area (Å²) in [5.41, 5.74) is 0. The minimum Gasteiger partial charge on any atom is -0.291 e. The van der Waals surface area contributed by atoms with E-state index in [0.29, 0.717) is 0 Å². The minimum absolute atomic E-state index is 1.93. The van der Waals surface area contributed by atoms with E-state index in [0.717, 1.165) is 0 Å². The lowest BCUT2D eigenvalue weighted by Crippen LogP contribution is -1.82. The van der Waals surface area contributed by atoms with E-state index < -0.39 is 7.72 Å². The van der Waals surface area contributed by atoms with E-state index >= 15 is 0 Å². The van der Waals surface area contributed by atoms with Crippen molar-refractivity contribution < 1.29 is 9.19 Å². The Labute approximate surface area is 32.8 Å². The summed E-state index contributed by atoms with van der Waals surface area (Å²) in [6.07, 6.45) is 0. The van der Waals surface area contributed by atoms with E-state index in [1.807, 2.05) is 8.93 Å². The molecule has 32 valence electrons. The molecule has 0 fully saturated rings. The molecule has 0 saturated heterocycles. The molecular weight excluding hydrogens is 108 g/mol. The first-order chi connectivity index (χ1) is 2.27. The van der Waals surface area contributed by atoms with Gasteiger partial charge in [0.05, 0.1) is 0 Å². The summed E-state index contributed by atoms with van der Waals surface area (Å²) in [4.78, 5) is 0.